The number of ether oxygens (including phenoxy) is 1. The lowest BCUT2D eigenvalue weighted by Gasteiger charge is -2.25. The molecule has 0 aliphatic heterocycles. The molecule has 0 heterocycles. The summed E-state index contributed by atoms with van der Waals surface area (Å²) >= 11 is 0. The number of nitrogens with zero attached hydrogens (tertiary/aromatic N) is 2. The maximum Gasteiger partial charge on any atom is 0.118 e. The van der Waals surface area contributed by atoms with Crippen LogP contribution in [0, 0.1) is 5.41 Å². The minimum atomic E-state index is 0.506. The van der Waals surface area contributed by atoms with E-state index < -0.39 is 0 Å². The first-order chi connectivity index (χ1) is 12.4. The highest BCUT2D eigenvalue weighted by molar-refractivity contribution is 6.19. The average molecular weight is 347 g/mol. The molecule has 26 heavy (non-hydrogen) atoms. The first-order valence-electron chi connectivity index (χ1n) is 8.57. The predicted molar refractivity (Wildman–Crippen MR) is 112 cm³/mol. The number of fused-ring (bicyclic) bond motifs is 1. The van der Waals surface area contributed by atoms with Crippen LogP contribution in [0.25, 0.3) is 10.8 Å². The zero-order valence-corrected chi connectivity index (χ0v) is 16.0. The van der Waals surface area contributed by atoms with E-state index in [9.17, 15) is 0 Å². The van der Waals surface area contributed by atoms with Crippen molar-refractivity contribution in [3.05, 3.63) is 65.7 Å². The highest BCUT2D eigenvalue weighted by atomic mass is 16.5. The first-order valence-corrected chi connectivity index (χ1v) is 8.57. The second-order valence-electron chi connectivity index (χ2n) is 6.73. The summed E-state index contributed by atoms with van der Waals surface area (Å²) in [5.74, 6) is 0.794. The lowest BCUT2D eigenvalue weighted by Crippen LogP contribution is -2.17. The predicted octanol–water partition coefficient (Wildman–Crippen LogP) is 4.40. The molecule has 4 nitrogen and oxygen atoms in total. The van der Waals surface area contributed by atoms with Crippen molar-refractivity contribution in [3.8, 4) is 5.75 Å². The number of methoxy groups -OCH3 is 1. The van der Waals surface area contributed by atoms with E-state index in [4.69, 9.17) is 10.1 Å². The molecule has 0 amide bonds. The second-order valence-corrected chi connectivity index (χ2v) is 6.73. The Hall–Kier alpha value is -3.01. The fraction of sp³-hybridized carbons (Fsp3) is 0.227. The maximum atomic E-state index is 8.80. The number of nitrogens with one attached hydrogen (secondary N) is 1. The van der Waals surface area contributed by atoms with Crippen LogP contribution in [0.1, 0.15) is 11.1 Å². The molecule has 0 spiro atoms. The summed E-state index contributed by atoms with van der Waals surface area (Å²) in [5.41, 5.74) is 4.51. The summed E-state index contributed by atoms with van der Waals surface area (Å²) in [4.78, 5) is 4.22. The van der Waals surface area contributed by atoms with Crippen LogP contribution in [0.3, 0.4) is 0 Å². The van der Waals surface area contributed by atoms with E-state index in [1.54, 1.807) is 7.11 Å². The van der Waals surface area contributed by atoms with Gasteiger partial charge in [0.15, 0.2) is 0 Å². The Bertz CT molecular complexity index is 944. The van der Waals surface area contributed by atoms with Crippen molar-refractivity contribution >= 4 is 27.9 Å². The van der Waals surface area contributed by atoms with Crippen molar-refractivity contribution in [1.82, 2.24) is 0 Å². The molecule has 1 N–H and O–H groups in total. The van der Waals surface area contributed by atoms with Crippen LogP contribution in [0.4, 0.5) is 11.4 Å². The van der Waals surface area contributed by atoms with Crippen LogP contribution >= 0.6 is 0 Å². The molecule has 0 aliphatic rings. The third kappa shape index (κ3) is 3.10. The van der Waals surface area contributed by atoms with Gasteiger partial charge in [0, 0.05) is 50.4 Å². The van der Waals surface area contributed by atoms with Gasteiger partial charge in [-0.05, 0) is 35.7 Å². The molecule has 0 unspecified atom stereocenters. The molecule has 4 heteroatoms. The van der Waals surface area contributed by atoms with E-state index in [-0.39, 0.29) is 0 Å². The van der Waals surface area contributed by atoms with Gasteiger partial charge >= 0.3 is 0 Å². The van der Waals surface area contributed by atoms with Gasteiger partial charge in [-0.3, -0.25) is 5.41 Å². The summed E-state index contributed by atoms with van der Waals surface area (Å²) in [7, 11) is 9.82. The van der Waals surface area contributed by atoms with E-state index in [0.29, 0.717) is 5.71 Å². The molecule has 3 rings (SSSR count). The molecule has 0 atom stereocenters. The van der Waals surface area contributed by atoms with Gasteiger partial charge < -0.3 is 14.5 Å². The molecule has 0 fully saturated rings. The molecular formula is C22H25N3O. The van der Waals surface area contributed by atoms with Crippen LogP contribution in [-0.4, -0.2) is 41.0 Å². The van der Waals surface area contributed by atoms with Crippen LogP contribution in [0.15, 0.2) is 54.6 Å². The quantitative estimate of drug-likeness (QED) is 0.696. The molecule has 0 saturated heterocycles. The largest absolute Gasteiger partial charge is 0.497 e. The van der Waals surface area contributed by atoms with Crippen LogP contribution in [0.5, 0.6) is 5.75 Å². The van der Waals surface area contributed by atoms with Gasteiger partial charge in [0.2, 0.25) is 0 Å². The number of benzene rings is 3. The minimum Gasteiger partial charge on any atom is -0.497 e. The second kappa shape index (κ2) is 7.08. The Morgan fingerprint density at radius 1 is 0.846 bits per heavy atom. The minimum absolute atomic E-state index is 0.506. The van der Waals surface area contributed by atoms with Crippen molar-refractivity contribution in [2.45, 2.75) is 0 Å². The number of hydrogen-bond acceptors (Lipinski definition) is 4. The van der Waals surface area contributed by atoms with Crippen LogP contribution in [-0.2, 0) is 0 Å². The van der Waals surface area contributed by atoms with E-state index in [2.05, 4.69) is 48.2 Å². The van der Waals surface area contributed by atoms with Gasteiger partial charge in [-0.25, -0.2) is 0 Å². The molecule has 0 aromatic heterocycles. The molecule has 3 aromatic carbocycles. The summed E-state index contributed by atoms with van der Waals surface area (Å²) in [5, 5.41) is 11.1. The van der Waals surface area contributed by atoms with Crippen LogP contribution < -0.4 is 14.5 Å². The van der Waals surface area contributed by atoms with E-state index in [1.165, 1.54) is 10.8 Å². The highest BCUT2D eigenvalue weighted by Crippen LogP contribution is 2.37. The fourth-order valence-electron chi connectivity index (χ4n) is 3.29. The van der Waals surface area contributed by atoms with Gasteiger partial charge in [-0.15, -0.1) is 0 Å². The molecule has 134 valence electrons. The van der Waals surface area contributed by atoms with Crippen molar-refractivity contribution < 1.29 is 4.74 Å². The Balaban J connectivity index is 2.23. The van der Waals surface area contributed by atoms with Crippen LogP contribution in [0.2, 0.25) is 0 Å². The molecule has 3 aromatic rings. The Kier molecular flexibility index (Phi) is 4.85. The Labute approximate surface area is 155 Å². The number of anilines is 2. The number of hydrogen-bond donors (Lipinski definition) is 1. The topological polar surface area (TPSA) is 39.6 Å². The zero-order chi connectivity index (χ0) is 18.8. The SMILES string of the molecule is COc1ccc(C(=N)c2ccc3cccc(N(C)C)c3c2N(C)C)cc1. The summed E-state index contributed by atoms with van der Waals surface area (Å²) < 4.78 is 5.23. The normalized spacial score (nSPS) is 10.7. The van der Waals surface area contributed by atoms with E-state index >= 15 is 0 Å². The van der Waals surface area contributed by atoms with Gasteiger partial charge in [0.25, 0.3) is 0 Å². The molecule has 0 aliphatic carbocycles. The highest BCUT2D eigenvalue weighted by Gasteiger charge is 2.18. The lowest BCUT2D eigenvalue weighted by molar-refractivity contribution is 0.415. The van der Waals surface area contributed by atoms with E-state index in [1.807, 2.05) is 44.4 Å². The summed E-state index contributed by atoms with van der Waals surface area (Å²) in [6.07, 6.45) is 0. The van der Waals surface area contributed by atoms with Crippen molar-refractivity contribution in [2.75, 3.05) is 45.1 Å². The maximum absolute atomic E-state index is 8.80. The van der Waals surface area contributed by atoms with Gasteiger partial charge in [-0.1, -0.05) is 24.3 Å². The summed E-state index contributed by atoms with van der Waals surface area (Å²) in [6.45, 7) is 0. The molecule has 0 radical (unpaired) electrons. The average Bonchev–Trinajstić information content (AvgIpc) is 2.65. The lowest BCUT2D eigenvalue weighted by atomic mass is 9.95. The third-order valence-electron chi connectivity index (χ3n) is 4.57. The Morgan fingerprint density at radius 3 is 2.12 bits per heavy atom. The zero-order valence-electron chi connectivity index (χ0n) is 16.0. The van der Waals surface area contributed by atoms with Crippen molar-refractivity contribution in [3.63, 3.8) is 0 Å². The fourth-order valence-corrected chi connectivity index (χ4v) is 3.29. The third-order valence-corrected chi connectivity index (χ3v) is 4.57. The van der Waals surface area contributed by atoms with Crippen molar-refractivity contribution in [1.29, 1.82) is 5.41 Å². The monoisotopic (exact) mass is 347 g/mol. The molecular weight excluding hydrogens is 322 g/mol. The Morgan fingerprint density at radius 2 is 1.54 bits per heavy atom. The van der Waals surface area contributed by atoms with Gasteiger partial charge in [0.1, 0.15) is 5.75 Å². The smallest absolute Gasteiger partial charge is 0.118 e. The molecule has 0 saturated carbocycles. The van der Waals surface area contributed by atoms with E-state index in [0.717, 1.165) is 28.3 Å². The first kappa shape index (κ1) is 17.8. The van der Waals surface area contributed by atoms with Crippen molar-refractivity contribution in [2.24, 2.45) is 0 Å². The summed E-state index contributed by atoms with van der Waals surface area (Å²) in [6, 6.07) is 18.1. The molecule has 0 bridgehead atoms. The van der Waals surface area contributed by atoms with Gasteiger partial charge in [0.05, 0.1) is 18.5 Å². The van der Waals surface area contributed by atoms with Gasteiger partial charge in [-0.2, -0.15) is 0 Å². The number of rotatable bonds is 5. The standard InChI is InChI=1S/C22H25N3O/c1-24(2)19-8-6-7-15-11-14-18(22(20(15)19)25(3)4)21(23)16-9-12-17(26-5)13-10-16/h6-14,23H,1-5H3.